The molecule has 1 unspecified atom stereocenters. The van der Waals surface area contributed by atoms with Crippen molar-refractivity contribution in [2.75, 3.05) is 0 Å². The van der Waals surface area contributed by atoms with Gasteiger partial charge in [0.2, 0.25) is 0 Å². The van der Waals surface area contributed by atoms with Gasteiger partial charge >= 0.3 is 58.7 Å². The summed E-state index contributed by atoms with van der Waals surface area (Å²) in [4.78, 5) is 17.8. The molecule has 2 N–H and O–H groups in total. The fraction of sp³-hybridized carbons (Fsp3) is 0.167. The first-order valence-corrected chi connectivity index (χ1v) is 7.57. The van der Waals surface area contributed by atoms with Crippen LogP contribution in [0, 0.1) is 0 Å². The number of aldehydes is 1. The number of halogens is 3. The van der Waals surface area contributed by atoms with Crippen molar-refractivity contribution in [3.8, 4) is 0 Å². The molecule has 0 radical (unpaired) electrons. The molecule has 0 fully saturated rings. The summed E-state index contributed by atoms with van der Waals surface area (Å²) in [6, 6.07) is 10.9. The number of pyridine rings is 2. The molecule has 0 saturated heterocycles. The van der Waals surface area contributed by atoms with E-state index in [-0.39, 0.29) is 68.5 Å². The Bertz CT molecular complexity index is 607. The van der Waals surface area contributed by atoms with Gasteiger partial charge in [-0.3, -0.25) is 23.4 Å². The minimum absolute atomic E-state index is 0. The van der Waals surface area contributed by atoms with Gasteiger partial charge in [0.05, 0.1) is 11.7 Å². The Morgan fingerprint density at radius 1 is 1.07 bits per heavy atom. The molecule has 9 heteroatoms. The number of hydrogen-bond donors (Lipinski definition) is 1. The van der Waals surface area contributed by atoms with Gasteiger partial charge in [0.15, 0.2) is 6.29 Å². The molecule has 2 heterocycles. The average molecular weight is 403 g/mol. The Morgan fingerprint density at radius 2 is 1.67 bits per heavy atom. The molecular formula is C18H22BF3KN3O. The van der Waals surface area contributed by atoms with Crippen molar-refractivity contribution >= 4 is 13.6 Å². The number of allylic oxidation sites excluding steroid dienone is 1. The molecular weight excluding hydrogens is 381 g/mol. The van der Waals surface area contributed by atoms with Crippen LogP contribution in [0.4, 0.5) is 8.63 Å². The van der Waals surface area contributed by atoms with Crippen molar-refractivity contribution in [1.82, 2.24) is 9.97 Å². The third-order valence-electron chi connectivity index (χ3n) is 2.64. The topological polar surface area (TPSA) is 68.9 Å². The Morgan fingerprint density at radius 3 is 1.96 bits per heavy atom. The Hall–Kier alpha value is -1.10. The maximum Gasteiger partial charge on any atom is 1.00 e. The monoisotopic (exact) mass is 403 g/mol. The molecule has 1 atom stereocenters. The van der Waals surface area contributed by atoms with E-state index in [1.54, 1.807) is 36.7 Å². The van der Waals surface area contributed by atoms with Crippen LogP contribution in [0.25, 0.3) is 0 Å². The molecule has 0 saturated carbocycles. The number of carbonyl (C=O) groups is 1. The molecule has 0 aliphatic carbocycles. The molecule has 2 rings (SSSR count). The third-order valence-corrected chi connectivity index (χ3v) is 2.64. The van der Waals surface area contributed by atoms with Gasteiger partial charge in [0.25, 0.3) is 0 Å². The van der Waals surface area contributed by atoms with E-state index < -0.39 is 7.27 Å². The van der Waals surface area contributed by atoms with Gasteiger partial charge in [-0.25, -0.2) is 0 Å². The summed E-state index contributed by atoms with van der Waals surface area (Å²) in [5.41, 5.74) is 7.17. The SMILES string of the molecule is C=CCB(F)F.C=CCC(N)c1ccccn1.O=Cc1ccccn1.[F-].[K+]. The van der Waals surface area contributed by atoms with Crippen LogP contribution in [-0.2, 0) is 0 Å². The van der Waals surface area contributed by atoms with E-state index in [0.717, 1.165) is 18.4 Å². The Kier molecular flexibility index (Phi) is 24.0. The summed E-state index contributed by atoms with van der Waals surface area (Å²) < 4.78 is 21.9. The second-order valence-corrected chi connectivity index (χ2v) is 4.67. The van der Waals surface area contributed by atoms with Gasteiger partial charge in [-0.1, -0.05) is 24.3 Å². The molecule has 2 aromatic heterocycles. The zero-order chi connectivity index (χ0) is 18.9. The second kappa shape index (κ2) is 21.2. The van der Waals surface area contributed by atoms with Crippen LogP contribution in [0.5, 0.6) is 0 Å². The molecule has 27 heavy (non-hydrogen) atoms. The predicted octanol–water partition coefficient (Wildman–Crippen LogP) is -1.84. The van der Waals surface area contributed by atoms with E-state index in [4.69, 9.17) is 5.73 Å². The predicted molar refractivity (Wildman–Crippen MR) is 98.6 cm³/mol. The molecule has 4 nitrogen and oxygen atoms in total. The van der Waals surface area contributed by atoms with Gasteiger partial charge in [-0.2, -0.15) is 0 Å². The van der Waals surface area contributed by atoms with E-state index in [0.29, 0.717) is 5.69 Å². The van der Waals surface area contributed by atoms with Crippen LogP contribution >= 0.6 is 0 Å². The summed E-state index contributed by atoms with van der Waals surface area (Å²) in [5.74, 6) is 0. The first-order chi connectivity index (χ1) is 12.0. The maximum atomic E-state index is 11.0. The zero-order valence-corrected chi connectivity index (χ0v) is 18.5. The molecule has 0 bridgehead atoms. The number of carbonyl (C=O) groups excluding carboxylic acids is 1. The largest absolute Gasteiger partial charge is 1.00 e. The van der Waals surface area contributed by atoms with Crippen molar-refractivity contribution in [2.45, 2.75) is 18.8 Å². The van der Waals surface area contributed by atoms with Gasteiger partial charge in [0.1, 0.15) is 5.69 Å². The minimum Gasteiger partial charge on any atom is -1.00 e. The molecule has 2 aromatic rings. The van der Waals surface area contributed by atoms with Crippen molar-refractivity contribution < 1.29 is 69.5 Å². The van der Waals surface area contributed by atoms with Crippen LogP contribution in [0.3, 0.4) is 0 Å². The second-order valence-electron chi connectivity index (χ2n) is 4.67. The van der Waals surface area contributed by atoms with Crippen LogP contribution in [0.15, 0.2) is 74.1 Å². The van der Waals surface area contributed by atoms with Gasteiger partial charge < -0.3 is 10.4 Å². The van der Waals surface area contributed by atoms with E-state index in [2.05, 4.69) is 23.1 Å². The normalized spacial score (nSPS) is 9.30. The quantitative estimate of drug-likeness (QED) is 0.350. The Labute approximate surface area is 201 Å². The van der Waals surface area contributed by atoms with Gasteiger partial charge in [0, 0.05) is 18.7 Å². The van der Waals surface area contributed by atoms with E-state index in [9.17, 15) is 13.4 Å². The first-order valence-electron chi connectivity index (χ1n) is 7.57. The number of nitrogens with zero attached hydrogens (tertiary/aromatic N) is 2. The number of aromatic nitrogens is 2. The maximum absolute atomic E-state index is 11.0. The molecule has 0 spiro atoms. The van der Waals surface area contributed by atoms with Crippen LogP contribution in [-0.4, -0.2) is 23.5 Å². The Balaban J connectivity index is -0.000000323. The van der Waals surface area contributed by atoms with Crippen molar-refractivity contribution in [3.63, 3.8) is 0 Å². The number of rotatable bonds is 6. The number of hydrogen-bond acceptors (Lipinski definition) is 4. The summed E-state index contributed by atoms with van der Waals surface area (Å²) in [6.45, 7) is 6.74. The minimum atomic E-state index is -2.22. The summed E-state index contributed by atoms with van der Waals surface area (Å²) >= 11 is 0. The number of nitrogens with two attached hydrogens (primary N) is 1. The average Bonchev–Trinajstić information content (AvgIpc) is 2.64. The van der Waals surface area contributed by atoms with Crippen LogP contribution < -0.4 is 61.8 Å². The molecule has 0 aliphatic heterocycles. The fourth-order valence-electron chi connectivity index (χ4n) is 1.47. The summed E-state index contributed by atoms with van der Waals surface area (Å²) in [6.07, 6.45) is 7.64. The van der Waals surface area contributed by atoms with Gasteiger partial charge in [-0.15, -0.1) is 13.2 Å². The van der Waals surface area contributed by atoms with E-state index in [1.165, 1.54) is 6.08 Å². The van der Waals surface area contributed by atoms with Gasteiger partial charge in [-0.05, 0) is 30.7 Å². The van der Waals surface area contributed by atoms with Crippen LogP contribution in [0.2, 0.25) is 6.32 Å². The van der Waals surface area contributed by atoms with E-state index in [1.807, 2.05) is 18.2 Å². The van der Waals surface area contributed by atoms with E-state index >= 15 is 0 Å². The zero-order valence-electron chi connectivity index (χ0n) is 15.3. The standard InChI is InChI=1S/C9H12N2.C6H5NO.C3H5BF2.FH.K/c1-2-5-8(10)9-6-3-4-7-11-9;8-5-6-3-1-2-4-7-6;1-2-3-4(5)6;;/h2-4,6-8H,1,5,10H2;1-5H;2H,1,3H2;1H;/q;;;;+1/p-1. The van der Waals surface area contributed by atoms with Crippen molar-refractivity contribution in [3.05, 3.63) is 85.5 Å². The third kappa shape index (κ3) is 18.0. The summed E-state index contributed by atoms with van der Waals surface area (Å²) in [5, 5.41) is 0. The smallest absolute Gasteiger partial charge is 1.00 e. The molecule has 0 aromatic carbocycles. The van der Waals surface area contributed by atoms with Crippen molar-refractivity contribution in [1.29, 1.82) is 0 Å². The first kappa shape index (κ1) is 30.6. The van der Waals surface area contributed by atoms with Crippen LogP contribution in [0.1, 0.15) is 28.6 Å². The molecule has 140 valence electrons. The molecule has 0 amide bonds. The fourth-order valence-corrected chi connectivity index (χ4v) is 1.47. The summed E-state index contributed by atoms with van der Waals surface area (Å²) in [7, 11) is -2.22. The molecule has 0 aliphatic rings. The van der Waals surface area contributed by atoms with Crippen molar-refractivity contribution in [2.24, 2.45) is 5.73 Å².